The molecule has 5 aromatic rings. The fourth-order valence-corrected chi connectivity index (χ4v) is 3.36. The zero-order valence-electron chi connectivity index (χ0n) is 13.2. The van der Waals surface area contributed by atoms with Crippen LogP contribution in [-0.2, 0) is 0 Å². The Kier molecular flexibility index (Phi) is 2.87. The van der Waals surface area contributed by atoms with Crippen molar-refractivity contribution in [2.24, 2.45) is 0 Å². The molecule has 5 rings (SSSR count). The first-order valence-corrected chi connectivity index (χ1v) is 8.05. The quantitative estimate of drug-likeness (QED) is 0.517. The van der Waals surface area contributed by atoms with E-state index in [1.807, 2.05) is 72.9 Å². The maximum absolute atomic E-state index is 12.6. The number of hydrogen-bond donors (Lipinski definition) is 2. The summed E-state index contributed by atoms with van der Waals surface area (Å²) >= 11 is 0. The topological polar surface area (TPSA) is 66.5 Å². The number of aromatic nitrogens is 4. The van der Waals surface area contributed by atoms with E-state index >= 15 is 0 Å². The molecule has 0 spiro atoms. The van der Waals surface area contributed by atoms with E-state index in [2.05, 4.69) is 15.2 Å². The lowest BCUT2D eigenvalue weighted by molar-refractivity contribution is 0.993. The van der Waals surface area contributed by atoms with Crippen LogP contribution in [0.25, 0.3) is 38.8 Å². The molecule has 25 heavy (non-hydrogen) atoms. The average molecular weight is 326 g/mol. The third kappa shape index (κ3) is 2.03. The highest BCUT2D eigenvalue weighted by Gasteiger charge is 2.17. The molecule has 0 aliphatic rings. The van der Waals surface area contributed by atoms with Crippen molar-refractivity contribution in [3.05, 3.63) is 83.4 Å². The van der Waals surface area contributed by atoms with Crippen LogP contribution in [0.5, 0.6) is 0 Å². The van der Waals surface area contributed by atoms with Gasteiger partial charge in [-0.1, -0.05) is 54.6 Å². The first kappa shape index (κ1) is 13.8. The van der Waals surface area contributed by atoms with Crippen LogP contribution in [-0.4, -0.2) is 19.7 Å². The summed E-state index contributed by atoms with van der Waals surface area (Å²) in [6.45, 7) is 0. The fraction of sp³-hybridized carbons (Fsp3) is 0. The second-order valence-corrected chi connectivity index (χ2v) is 5.93. The van der Waals surface area contributed by atoms with Crippen molar-refractivity contribution in [2.75, 3.05) is 0 Å². The molecule has 0 atom stereocenters. The molecule has 0 saturated heterocycles. The Morgan fingerprint density at radius 3 is 2.52 bits per heavy atom. The van der Waals surface area contributed by atoms with Crippen LogP contribution in [0.1, 0.15) is 0 Å². The molecule has 0 saturated carbocycles. The number of H-pyrrole nitrogens is 2. The van der Waals surface area contributed by atoms with Crippen molar-refractivity contribution in [1.82, 2.24) is 19.7 Å². The highest BCUT2D eigenvalue weighted by Crippen LogP contribution is 2.29. The van der Waals surface area contributed by atoms with E-state index in [0.29, 0.717) is 5.82 Å². The first-order valence-electron chi connectivity index (χ1n) is 8.05. The van der Waals surface area contributed by atoms with Crippen LogP contribution in [0.3, 0.4) is 0 Å². The molecule has 0 aliphatic heterocycles. The van der Waals surface area contributed by atoms with Crippen molar-refractivity contribution in [2.45, 2.75) is 0 Å². The van der Waals surface area contributed by atoms with Crippen LogP contribution in [0.2, 0.25) is 0 Å². The summed E-state index contributed by atoms with van der Waals surface area (Å²) in [6, 6.07) is 21.9. The molecule has 0 aliphatic carbocycles. The van der Waals surface area contributed by atoms with Gasteiger partial charge in [0, 0.05) is 28.0 Å². The van der Waals surface area contributed by atoms with Crippen molar-refractivity contribution in [3.8, 4) is 17.1 Å². The minimum atomic E-state index is -0.253. The van der Waals surface area contributed by atoms with E-state index in [9.17, 15) is 4.79 Å². The fourth-order valence-electron chi connectivity index (χ4n) is 3.36. The monoisotopic (exact) mass is 326 g/mol. The van der Waals surface area contributed by atoms with E-state index in [0.717, 1.165) is 32.9 Å². The Labute approximate surface area is 142 Å². The van der Waals surface area contributed by atoms with Gasteiger partial charge >= 0.3 is 5.69 Å². The molecule has 0 bridgehead atoms. The van der Waals surface area contributed by atoms with Crippen LogP contribution < -0.4 is 5.69 Å². The number of hydrogen-bond acceptors (Lipinski definition) is 2. The predicted molar refractivity (Wildman–Crippen MR) is 99.0 cm³/mol. The maximum atomic E-state index is 12.6. The molecule has 5 heteroatoms. The van der Waals surface area contributed by atoms with E-state index in [1.54, 1.807) is 4.57 Å². The summed E-state index contributed by atoms with van der Waals surface area (Å²) in [5.41, 5.74) is 2.47. The average Bonchev–Trinajstić information content (AvgIpc) is 3.24. The van der Waals surface area contributed by atoms with Gasteiger partial charge in [0.15, 0.2) is 5.82 Å². The largest absolute Gasteiger partial charge is 0.360 e. The van der Waals surface area contributed by atoms with Gasteiger partial charge in [-0.05, 0) is 17.5 Å². The van der Waals surface area contributed by atoms with Gasteiger partial charge in [-0.25, -0.2) is 14.5 Å². The summed E-state index contributed by atoms with van der Waals surface area (Å²) in [5.74, 6) is 0.596. The highest BCUT2D eigenvalue weighted by molar-refractivity contribution is 5.95. The van der Waals surface area contributed by atoms with Gasteiger partial charge < -0.3 is 4.98 Å². The summed E-state index contributed by atoms with van der Waals surface area (Å²) in [5, 5.41) is 10.0. The number of nitrogens with zero attached hydrogens (tertiary/aromatic N) is 2. The predicted octanol–water partition coefficient (Wildman–Crippen LogP) is 3.86. The summed E-state index contributed by atoms with van der Waals surface area (Å²) < 4.78 is 1.64. The van der Waals surface area contributed by atoms with Gasteiger partial charge in [-0.2, -0.15) is 5.10 Å². The summed E-state index contributed by atoms with van der Waals surface area (Å²) in [7, 11) is 0. The minimum Gasteiger partial charge on any atom is -0.360 e. The zero-order chi connectivity index (χ0) is 16.8. The van der Waals surface area contributed by atoms with E-state index in [1.165, 1.54) is 0 Å². The third-order valence-corrected chi connectivity index (χ3v) is 4.51. The molecule has 2 N–H and O–H groups in total. The van der Waals surface area contributed by atoms with Crippen molar-refractivity contribution >= 4 is 21.7 Å². The number of fused-ring (bicyclic) bond motifs is 2. The van der Waals surface area contributed by atoms with Gasteiger partial charge in [0.1, 0.15) is 0 Å². The van der Waals surface area contributed by atoms with Crippen LogP contribution in [0.4, 0.5) is 0 Å². The molecule has 0 amide bonds. The molecular weight excluding hydrogens is 312 g/mol. The first-order chi connectivity index (χ1) is 12.3. The Morgan fingerprint density at radius 2 is 1.60 bits per heavy atom. The number of para-hydroxylation sites is 1. The molecule has 2 heterocycles. The molecular formula is C20H14N4O. The molecule has 120 valence electrons. The van der Waals surface area contributed by atoms with Crippen LogP contribution >= 0.6 is 0 Å². The lowest BCUT2D eigenvalue weighted by Crippen LogP contribution is -2.16. The van der Waals surface area contributed by atoms with Gasteiger partial charge in [0.05, 0.1) is 5.69 Å². The molecule has 2 aromatic heterocycles. The van der Waals surface area contributed by atoms with Gasteiger partial charge in [0.2, 0.25) is 0 Å². The second kappa shape index (κ2) is 5.21. The number of aromatic amines is 2. The molecule has 5 nitrogen and oxygen atoms in total. The lowest BCUT2D eigenvalue weighted by Gasteiger charge is -2.09. The molecule has 0 unspecified atom stereocenters. The van der Waals surface area contributed by atoms with Gasteiger partial charge in [-0.3, -0.25) is 0 Å². The summed E-state index contributed by atoms with van der Waals surface area (Å²) in [4.78, 5) is 15.8. The summed E-state index contributed by atoms with van der Waals surface area (Å²) in [6.07, 6.45) is 1.89. The number of rotatable bonds is 2. The van der Waals surface area contributed by atoms with Crippen molar-refractivity contribution in [1.29, 1.82) is 0 Å². The highest BCUT2D eigenvalue weighted by atomic mass is 16.1. The Hall–Kier alpha value is -3.60. The number of nitrogens with one attached hydrogen (secondary N) is 2. The van der Waals surface area contributed by atoms with E-state index in [4.69, 9.17) is 0 Å². The Morgan fingerprint density at radius 1 is 0.840 bits per heavy atom. The van der Waals surface area contributed by atoms with Gasteiger partial charge in [-0.15, -0.1) is 0 Å². The maximum Gasteiger partial charge on any atom is 0.348 e. The third-order valence-electron chi connectivity index (χ3n) is 4.51. The lowest BCUT2D eigenvalue weighted by atomic mass is 10.1. The van der Waals surface area contributed by atoms with E-state index in [-0.39, 0.29) is 5.69 Å². The number of benzene rings is 3. The van der Waals surface area contributed by atoms with Crippen LogP contribution in [0, 0.1) is 0 Å². The van der Waals surface area contributed by atoms with Crippen molar-refractivity contribution < 1.29 is 0 Å². The Bertz CT molecular complexity index is 1270. The minimum absolute atomic E-state index is 0.253. The van der Waals surface area contributed by atoms with Crippen molar-refractivity contribution in [3.63, 3.8) is 0 Å². The zero-order valence-corrected chi connectivity index (χ0v) is 13.2. The smallest absolute Gasteiger partial charge is 0.348 e. The SMILES string of the molecule is O=c1[nH]nc(-c2c[nH]c3ccccc23)n1-c1cccc2ccccc12. The van der Waals surface area contributed by atoms with Crippen LogP contribution in [0.15, 0.2) is 77.7 Å². The standard InChI is InChI=1S/C20H14N4O/c25-20-23-22-19(16-12-21-17-10-4-3-9-15(16)17)24(20)18-11-5-7-13-6-1-2-8-14(13)18/h1-12,21H,(H,23,25). The molecule has 0 radical (unpaired) electrons. The van der Waals surface area contributed by atoms with Gasteiger partial charge in [0.25, 0.3) is 0 Å². The second-order valence-electron chi connectivity index (χ2n) is 5.93. The Balaban J connectivity index is 1.84. The molecule has 3 aromatic carbocycles. The normalized spacial score (nSPS) is 11.4. The molecule has 0 fully saturated rings. The van der Waals surface area contributed by atoms with E-state index < -0.39 is 0 Å².